The molecular formula is C17H22N2O3S. The molecule has 0 aromatic heterocycles. The highest BCUT2D eigenvalue weighted by atomic mass is 32.2. The van der Waals surface area contributed by atoms with Crippen LogP contribution in [0.4, 0.5) is 5.69 Å². The minimum Gasteiger partial charge on any atom is -0.384 e. The van der Waals surface area contributed by atoms with Crippen LogP contribution in [0.25, 0.3) is 0 Å². The Balaban J connectivity index is 2.01. The summed E-state index contributed by atoms with van der Waals surface area (Å²) in [4.78, 5) is 12.4. The number of ether oxygens (including phenoxy) is 1. The van der Waals surface area contributed by atoms with Gasteiger partial charge < -0.3 is 10.1 Å². The number of nitrogens with zero attached hydrogens (tertiary/aromatic N) is 1. The quantitative estimate of drug-likeness (QED) is 0.831. The molecule has 1 N–H and O–H groups in total. The van der Waals surface area contributed by atoms with Crippen molar-refractivity contribution >= 4 is 22.4 Å². The molecule has 2 rings (SSSR count). The molecule has 0 unspecified atom stereocenters. The molecule has 0 aliphatic heterocycles. The minimum atomic E-state index is -0.994. The first-order valence-corrected chi connectivity index (χ1v) is 9.24. The Kier molecular flexibility index (Phi) is 6.31. The van der Waals surface area contributed by atoms with Gasteiger partial charge in [0.2, 0.25) is 5.91 Å². The fourth-order valence-electron chi connectivity index (χ4n) is 2.79. The van der Waals surface area contributed by atoms with E-state index in [1.54, 1.807) is 13.2 Å². The normalized spacial score (nSPS) is 17.4. The van der Waals surface area contributed by atoms with Crippen LogP contribution in [-0.2, 0) is 26.1 Å². The SMILES string of the molecule is COCC[S@](=O)Cc1cccc(NC(=O)C2(C#N)CCCC2)c1. The van der Waals surface area contributed by atoms with E-state index in [9.17, 15) is 14.3 Å². The predicted molar refractivity (Wildman–Crippen MR) is 90.2 cm³/mol. The maximum absolute atomic E-state index is 12.4. The highest BCUT2D eigenvalue weighted by Gasteiger charge is 2.41. The molecule has 23 heavy (non-hydrogen) atoms. The maximum Gasteiger partial charge on any atom is 0.244 e. The summed E-state index contributed by atoms with van der Waals surface area (Å²) in [5, 5.41) is 12.2. The number of anilines is 1. The number of nitriles is 1. The molecule has 1 amide bonds. The molecule has 1 aliphatic carbocycles. The van der Waals surface area contributed by atoms with E-state index < -0.39 is 16.2 Å². The summed E-state index contributed by atoms with van der Waals surface area (Å²) in [6.07, 6.45) is 3.07. The molecule has 6 heteroatoms. The zero-order valence-corrected chi connectivity index (χ0v) is 14.2. The topological polar surface area (TPSA) is 79.2 Å². The Hall–Kier alpha value is -1.71. The molecule has 1 aliphatic rings. The van der Waals surface area contributed by atoms with E-state index in [2.05, 4.69) is 11.4 Å². The third kappa shape index (κ3) is 4.63. The smallest absolute Gasteiger partial charge is 0.244 e. The second kappa shape index (κ2) is 8.23. The van der Waals surface area contributed by atoms with Crippen molar-refractivity contribution in [1.82, 2.24) is 0 Å². The molecule has 0 radical (unpaired) electrons. The minimum absolute atomic E-state index is 0.227. The van der Waals surface area contributed by atoms with E-state index in [0.717, 1.165) is 18.4 Å². The highest BCUT2D eigenvalue weighted by molar-refractivity contribution is 7.84. The first-order valence-electron chi connectivity index (χ1n) is 7.75. The summed E-state index contributed by atoms with van der Waals surface area (Å²) < 4.78 is 16.8. The van der Waals surface area contributed by atoms with Crippen molar-refractivity contribution < 1.29 is 13.7 Å². The molecule has 0 bridgehead atoms. The van der Waals surface area contributed by atoms with Gasteiger partial charge in [-0.2, -0.15) is 5.26 Å². The summed E-state index contributed by atoms with van der Waals surface area (Å²) in [6.45, 7) is 0.466. The van der Waals surface area contributed by atoms with Crippen molar-refractivity contribution in [2.24, 2.45) is 5.41 Å². The van der Waals surface area contributed by atoms with E-state index >= 15 is 0 Å². The molecular weight excluding hydrogens is 312 g/mol. The second-order valence-corrected chi connectivity index (χ2v) is 7.41. The first-order chi connectivity index (χ1) is 11.1. The highest BCUT2D eigenvalue weighted by Crippen LogP contribution is 2.38. The molecule has 1 fully saturated rings. The van der Waals surface area contributed by atoms with Gasteiger partial charge in [0.1, 0.15) is 5.41 Å². The Morgan fingerprint density at radius 1 is 1.43 bits per heavy atom. The lowest BCUT2D eigenvalue weighted by Gasteiger charge is -2.19. The van der Waals surface area contributed by atoms with E-state index in [1.807, 2.05) is 18.2 Å². The van der Waals surface area contributed by atoms with E-state index in [1.165, 1.54) is 0 Å². The number of hydrogen-bond acceptors (Lipinski definition) is 4. The molecule has 0 saturated heterocycles. The summed E-state index contributed by atoms with van der Waals surface area (Å²) in [6, 6.07) is 9.52. The van der Waals surface area contributed by atoms with Gasteiger partial charge in [-0.25, -0.2) is 0 Å². The summed E-state index contributed by atoms with van der Waals surface area (Å²) in [5.74, 6) is 0.691. The Morgan fingerprint density at radius 3 is 2.83 bits per heavy atom. The van der Waals surface area contributed by atoms with Crippen LogP contribution in [0.2, 0.25) is 0 Å². The Bertz CT molecular complexity index is 619. The summed E-state index contributed by atoms with van der Waals surface area (Å²) in [5.41, 5.74) is 0.657. The van der Waals surface area contributed by atoms with Crippen molar-refractivity contribution in [3.05, 3.63) is 29.8 Å². The molecule has 5 nitrogen and oxygen atoms in total. The van der Waals surface area contributed by atoms with Gasteiger partial charge in [0.05, 0.1) is 12.7 Å². The number of carbonyl (C=O) groups is 1. The number of benzene rings is 1. The standard InChI is InChI=1S/C17H22N2O3S/c1-22-9-10-23(21)12-14-5-4-6-15(11-14)19-16(20)17(13-18)7-2-3-8-17/h4-6,11H,2-3,7-10,12H2,1H3,(H,19,20)/t23-/m0/s1. The van der Waals surface area contributed by atoms with Gasteiger partial charge in [-0.3, -0.25) is 9.00 Å². The molecule has 1 saturated carbocycles. The van der Waals surface area contributed by atoms with Crippen LogP contribution in [-0.4, -0.2) is 29.6 Å². The average Bonchev–Trinajstić information content (AvgIpc) is 3.03. The Labute approximate surface area is 139 Å². The van der Waals surface area contributed by atoms with Crippen LogP contribution in [0.5, 0.6) is 0 Å². The van der Waals surface area contributed by atoms with Crippen LogP contribution >= 0.6 is 0 Å². The zero-order valence-electron chi connectivity index (χ0n) is 13.3. The number of rotatable bonds is 7. The molecule has 0 spiro atoms. The van der Waals surface area contributed by atoms with E-state index in [0.29, 0.717) is 36.6 Å². The fourth-order valence-corrected chi connectivity index (χ4v) is 3.84. The van der Waals surface area contributed by atoms with Gasteiger partial charge in [0.25, 0.3) is 0 Å². The molecule has 0 heterocycles. The van der Waals surface area contributed by atoms with Gasteiger partial charge in [0.15, 0.2) is 0 Å². The Morgan fingerprint density at radius 2 is 2.17 bits per heavy atom. The first kappa shape index (κ1) is 17.6. The molecule has 1 aromatic carbocycles. The summed E-state index contributed by atoms with van der Waals surface area (Å²) >= 11 is 0. The van der Waals surface area contributed by atoms with Gasteiger partial charge in [0, 0.05) is 35.1 Å². The zero-order chi connectivity index (χ0) is 16.7. The van der Waals surface area contributed by atoms with Gasteiger partial charge in [-0.05, 0) is 30.5 Å². The number of carbonyl (C=O) groups excluding carboxylic acids is 1. The van der Waals surface area contributed by atoms with Crippen LogP contribution in [0.1, 0.15) is 31.2 Å². The van der Waals surface area contributed by atoms with E-state index in [4.69, 9.17) is 4.74 Å². The van der Waals surface area contributed by atoms with Crippen molar-refractivity contribution in [2.75, 3.05) is 24.8 Å². The third-order valence-corrected chi connectivity index (χ3v) is 5.41. The second-order valence-electron chi connectivity index (χ2n) is 5.84. The molecule has 124 valence electrons. The van der Waals surface area contributed by atoms with Crippen molar-refractivity contribution in [3.63, 3.8) is 0 Å². The summed E-state index contributed by atoms with van der Waals surface area (Å²) in [7, 11) is 0.591. The van der Waals surface area contributed by atoms with Gasteiger partial charge in [-0.15, -0.1) is 0 Å². The number of amides is 1. The lowest BCUT2D eigenvalue weighted by molar-refractivity contribution is -0.122. The van der Waals surface area contributed by atoms with Crippen LogP contribution < -0.4 is 5.32 Å². The lowest BCUT2D eigenvalue weighted by atomic mass is 9.87. The lowest BCUT2D eigenvalue weighted by Crippen LogP contribution is -2.32. The largest absolute Gasteiger partial charge is 0.384 e. The van der Waals surface area contributed by atoms with Crippen LogP contribution in [0.3, 0.4) is 0 Å². The van der Waals surface area contributed by atoms with Gasteiger partial charge >= 0.3 is 0 Å². The van der Waals surface area contributed by atoms with Crippen LogP contribution in [0, 0.1) is 16.7 Å². The maximum atomic E-state index is 12.4. The number of hydrogen-bond donors (Lipinski definition) is 1. The molecule has 1 aromatic rings. The predicted octanol–water partition coefficient (Wildman–Crippen LogP) is 2.60. The monoisotopic (exact) mass is 334 g/mol. The number of nitrogens with one attached hydrogen (secondary N) is 1. The average molecular weight is 334 g/mol. The fraction of sp³-hybridized carbons (Fsp3) is 0.529. The third-order valence-electron chi connectivity index (χ3n) is 4.13. The number of methoxy groups -OCH3 is 1. The van der Waals surface area contributed by atoms with Crippen molar-refractivity contribution in [1.29, 1.82) is 5.26 Å². The van der Waals surface area contributed by atoms with E-state index in [-0.39, 0.29) is 5.91 Å². The van der Waals surface area contributed by atoms with Crippen LogP contribution in [0.15, 0.2) is 24.3 Å². The molecule has 1 atom stereocenters. The van der Waals surface area contributed by atoms with Gasteiger partial charge in [-0.1, -0.05) is 25.0 Å². The van der Waals surface area contributed by atoms with Crippen molar-refractivity contribution in [2.45, 2.75) is 31.4 Å². The van der Waals surface area contributed by atoms with Crippen molar-refractivity contribution in [3.8, 4) is 6.07 Å².